The monoisotopic (exact) mass is 258 g/mol. The zero-order chi connectivity index (χ0) is 13.2. The van der Waals surface area contributed by atoms with Crippen LogP contribution < -0.4 is 4.74 Å². The summed E-state index contributed by atoms with van der Waals surface area (Å²) in [5.74, 6) is 0.129. The van der Waals surface area contributed by atoms with E-state index in [-0.39, 0.29) is 11.5 Å². The van der Waals surface area contributed by atoms with Crippen LogP contribution in [0.1, 0.15) is 36.0 Å². The highest BCUT2D eigenvalue weighted by Crippen LogP contribution is 2.31. The van der Waals surface area contributed by atoms with Crippen molar-refractivity contribution < 1.29 is 22.7 Å². The van der Waals surface area contributed by atoms with Gasteiger partial charge in [0.15, 0.2) is 5.78 Å². The molecule has 98 valence electrons. The fourth-order valence-electron chi connectivity index (χ4n) is 1.92. The molecule has 1 aliphatic rings. The van der Waals surface area contributed by atoms with Crippen LogP contribution in [0, 0.1) is 5.92 Å². The summed E-state index contributed by atoms with van der Waals surface area (Å²) in [5, 5.41) is 0. The normalized spacial score (nSPS) is 16.2. The van der Waals surface area contributed by atoms with Crippen LogP contribution in [0.3, 0.4) is 0 Å². The second kappa shape index (κ2) is 5.00. The number of ketones is 1. The lowest BCUT2D eigenvalue weighted by Gasteiger charge is -2.24. The molecule has 2 rings (SSSR count). The van der Waals surface area contributed by atoms with Gasteiger partial charge in [-0.25, -0.2) is 0 Å². The molecular formula is C13H13F3O2. The Hall–Kier alpha value is -1.52. The molecule has 1 aromatic carbocycles. The highest BCUT2D eigenvalue weighted by molar-refractivity contribution is 5.96. The van der Waals surface area contributed by atoms with Crippen molar-refractivity contribution >= 4 is 5.78 Å². The molecule has 0 saturated heterocycles. The number of carbonyl (C=O) groups is 1. The summed E-state index contributed by atoms with van der Waals surface area (Å²) in [6.07, 6.45) is -0.907. The fourth-order valence-corrected chi connectivity index (χ4v) is 1.92. The average molecular weight is 258 g/mol. The van der Waals surface area contributed by atoms with Gasteiger partial charge in [0.05, 0.1) is 0 Å². The van der Waals surface area contributed by atoms with Crippen molar-refractivity contribution in [3.05, 3.63) is 29.8 Å². The molecule has 0 aliphatic heterocycles. The maximum atomic E-state index is 11.9. The number of Topliss-reactive ketones (excluding diaryl/α,β-unsaturated/α-hetero) is 1. The number of hydrogen-bond acceptors (Lipinski definition) is 2. The molecule has 0 N–H and O–H groups in total. The van der Waals surface area contributed by atoms with Gasteiger partial charge in [-0.05, 0) is 30.2 Å². The van der Waals surface area contributed by atoms with Crippen LogP contribution in [0.4, 0.5) is 13.2 Å². The highest BCUT2D eigenvalue weighted by Gasteiger charge is 2.31. The number of carbonyl (C=O) groups excluding carboxylic acids is 1. The van der Waals surface area contributed by atoms with E-state index < -0.39 is 6.36 Å². The third-order valence-electron chi connectivity index (χ3n) is 3.11. The summed E-state index contributed by atoms with van der Waals surface area (Å²) in [5.41, 5.74) is 0.441. The molecule has 1 aromatic rings. The van der Waals surface area contributed by atoms with Crippen molar-refractivity contribution in [1.82, 2.24) is 0 Å². The van der Waals surface area contributed by atoms with Crippen molar-refractivity contribution in [2.45, 2.75) is 32.0 Å². The Kier molecular flexibility index (Phi) is 3.59. The van der Waals surface area contributed by atoms with E-state index in [9.17, 15) is 18.0 Å². The minimum absolute atomic E-state index is 0.0155. The number of halogens is 3. The summed E-state index contributed by atoms with van der Waals surface area (Å²) in [7, 11) is 0. The molecule has 0 radical (unpaired) electrons. The Morgan fingerprint density at radius 1 is 1.22 bits per heavy atom. The van der Waals surface area contributed by atoms with Gasteiger partial charge in [0.1, 0.15) is 5.75 Å². The average Bonchev–Trinajstić information content (AvgIpc) is 2.22. The van der Waals surface area contributed by atoms with Crippen LogP contribution in [-0.4, -0.2) is 12.1 Å². The predicted molar refractivity (Wildman–Crippen MR) is 59.4 cm³/mol. The Bertz CT molecular complexity index is 419. The molecule has 2 nitrogen and oxygen atoms in total. The molecule has 0 amide bonds. The van der Waals surface area contributed by atoms with E-state index >= 15 is 0 Å². The Morgan fingerprint density at radius 2 is 1.83 bits per heavy atom. The lowest BCUT2D eigenvalue weighted by Crippen LogP contribution is -2.17. The van der Waals surface area contributed by atoms with Gasteiger partial charge >= 0.3 is 6.36 Å². The first-order valence-electron chi connectivity index (χ1n) is 5.83. The van der Waals surface area contributed by atoms with Crippen LogP contribution in [0.5, 0.6) is 5.75 Å². The number of rotatable bonds is 4. The summed E-state index contributed by atoms with van der Waals surface area (Å²) >= 11 is 0. The number of hydrogen-bond donors (Lipinski definition) is 0. The lowest BCUT2D eigenvalue weighted by atomic mass is 9.81. The van der Waals surface area contributed by atoms with Gasteiger partial charge in [-0.15, -0.1) is 13.2 Å². The summed E-state index contributed by atoms with van der Waals surface area (Å²) in [4.78, 5) is 11.8. The molecule has 0 spiro atoms. The van der Waals surface area contributed by atoms with E-state index in [1.54, 1.807) is 0 Å². The van der Waals surface area contributed by atoms with Gasteiger partial charge in [-0.1, -0.05) is 19.3 Å². The van der Waals surface area contributed by atoms with Crippen LogP contribution >= 0.6 is 0 Å². The molecule has 18 heavy (non-hydrogen) atoms. The second-order valence-corrected chi connectivity index (χ2v) is 4.50. The van der Waals surface area contributed by atoms with E-state index in [2.05, 4.69) is 4.74 Å². The quantitative estimate of drug-likeness (QED) is 0.764. The van der Waals surface area contributed by atoms with Crippen LogP contribution in [-0.2, 0) is 0 Å². The van der Waals surface area contributed by atoms with E-state index in [4.69, 9.17) is 0 Å². The van der Waals surface area contributed by atoms with E-state index in [0.29, 0.717) is 17.9 Å². The number of ether oxygens (including phenoxy) is 1. The molecule has 1 saturated carbocycles. The van der Waals surface area contributed by atoms with Gasteiger partial charge < -0.3 is 4.74 Å². The van der Waals surface area contributed by atoms with Crippen molar-refractivity contribution in [3.63, 3.8) is 0 Å². The van der Waals surface area contributed by atoms with Crippen molar-refractivity contribution in [2.75, 3.05) is 0 Å². The zero-order valence-electron chi connectivity index (χ0n) is 9.67. The van der Waals surface area contributed by atoms with E-state index in [1.165, 1.54) is 24.3 Å². The minimum atomic E-state index is -4.70. The molecule has 0 unspecified atom stereocenters. The third-order valence-corrected chi connectivity index (χ3v) is 3.11. The number of benzene rings is 1. The minimum Gasteiger partial charge on any atom is -0.406 e. The fraction of sp³-hybridized carbons (Fsp3) is 0.462. The van der Waals surface area contributed by atoms with Crippen LogP contribution in [0.2, 0.25) is 0 Å². The van der Waals surface area contributed by atoms with Gasteiger partial charge in [0.25, 0.3) is 0 Å². The molecule has 1 aliphatic carbocycles. The molecular weight excluding hydrogens is 245 g/mol. The topological polar surface area (TPSA) is 26.3 Å². The number of alkyl halides is 3. The Labute approximate surface area is 103 Å². The van der Waals surface area contributed by atoms with Crippen molar-refractivity contribution in [3.8, 4) is 5.75 Å². The maximum absolute atomic E-state index is 11.9. The smallest absolute Gasteiger partial charge is 0.406 e. The van der Waals surface area contributed by atoms with Gasteiger partial charge in [0, 0.05) is 12.0 Å². The summed E-state index contributed by atoms with van der Waals surface area (Å²) < 4.78 is 39.5. The first kappa shape index (κ1) is 12.9. The first-order valence-corrected chi connectivity index (χ1v) is 5.83. The molecule has 0 heterocycles. The Balaban J connectivity index is 1.96. The van der Waals surface area contributed by atoms with Gasteiger partial charge in [-0.2, -0.15) is 0 Å². The molecule has 1 fully saturated rings. The lowest BCUT2D eigenvalue weighted by molar-refractivity contribution is -0.274. The largest absolute Gasteiger partial charge is 0.573 e. The SMILES string of the molecule is O=C(CC1CCC1)c1ccc(OC(F)(F)F)cc1. The van der Waals surface area contributed by atoms with Crippen LogP contribution in [0.25, 0.3) is 0 Å². The third kappa shape index (κ3) is 3.48. The highest BCUT2D eigenvalue weighted by atomic mass is 19.4. The molecule has 5 heteroatoms. The van der Waals surface area contributed by atoms with Crippen molar-refractivity contribution in [2.24, 2.45) is 5.92 Å². The van der Waals surface area contributed by atoms with E-state index in [1.807, 2.05) is 0 Å². The first-order chi connectivity index (χ1) is 8.44. The maximum Gasteiger partial charge on any atom is 0.573 e. The standard InChI is InChI=1S/C13H13F3O2/c14-13(15,16)18-11-6-4-10(5-7-11)12(17)8-9-2-1-3-9/h4-7,9H,1-3,8H2. The van der Waals surface area contributed by atoms with Crippen molar-refractivity contribution in [1.29, 1.82) is 0 Å². The summed E-state index contributed by atoms with van der Waals surface area (Å²) in [6, 6.07) is 5.09. The predicted octanol–water partition coefficient (Wildman–Crippen LogP) is 3.96. The van der Waals surface area contributed by atoms with Crippen LogP contribution in [0.15, 0.2) is 24.3 Å². The Morgan fingerprint density at radius 3 is 2.28 bits per heavy atom. The molecule has 0 aromatic heterocycles. The molecule has 0 bridgehead atoms. The molecule has 0 atom stereocenters. The van der Waals surface area contributed by atoms with Gasteiger partial charge in [-0.3, -0.25) is 4.79 Å². The summed E-state index contributed by atoms with van der Waals surface area (Å²) in [6.45, 7) is 0. The van der Waals surface area contributed by atoms with E-state index in [0.717, 1.165) is 19.3 Å². The zero-order valence-corrected chi connectivity index (χ0v) is 9.67. The van der Waals surface area contributed by atoms with Gasteiger partial charge in [0.2, 0.25) is 0 Å². The second-order valence-electron chi connectivity index (χ2n) is 4.50.